The van der Waals surface area contributed by atoms with Crippen LogP contribution in [0.1, 0.15) is 5.56 Å². The van der Waals surface area contributed by atoms with Gasteiger partial charge in [0.05, 0.1) is 5.02 Å². The van der Waals surface area contributed by atoms with Crippen molar-refractivity contribution in [1.29, 1.82) is 0 Å². The highest BCUT2D eigenvalue weighted by Gasteiger charge is 2.02. The van der Waals surface area contributed by atoms with Gasteiger partial charge in [-0.1, -0.05) is 23.7 Å². The second-order valence-electron chi connectivity index (χ2n) is 4.12. The lowest BCUT2D eigenvalue weighted by molar-refractivity contribution is 0.216. The minimum atomic E-state index is -0.499. The first-order chi connectivity index (χ1) is 9.69. The van der Waals surface area contributed by atoms with Gasteiger partial charge in [-0.3, -0.25) is 0 Å². The van der Waals surface area contributed by atoms with Crippen molar-refractivity contribution in [3.05, 3.63) is 58.9 Å². The van der Waals surface area contributed by atoms with E-state index in [4.69, 9.17) is 26.8 Å². The molecule has 0 heterocycles. The van der Waals surface area contributed by atoms with Crippen molar-refractivity contribution in [2.45, 2.75) is 6.54 Å². The normalized spacial score (nSPS) is 10.3. The molecule has 0 spiro atoms. The Balaban J connectivity index is 1.79. The van der Waals surface area contributed by atoms with E-state index < -0.39 is 5.82 Å². The van der Waals surface area contributed by atoms with Gasteiger partial charge in [-0.2, -0.15) is 0 Å². The summed E-state index contributed by atoms with van der Waals surface area (Å²) in [6.07, 6.45) is 0. The smallest absolute Gasteiger partial charge is 0.145 e. The zero-order chi connectivity index (χ0) is 14.4. The molecule has 0 aliphatic heterocycles. The standard InChI is InChI=1S/C15H15ClFNO2/c16-14-5-4-13(9-15(14)17)20-7-6-19-12-3-1-2-11(8-12)10-18/h1-5,8-9H,6-7,10,18H2. The summed E-state index contributed by atoms with van der Waals surface area (Å²) in [6, 6.07) is 11.9. The second-order valence-corrected chi connectivity index (χ2v) is 4.53. The van der Waals surface area contributed by atoms with Crippen molar-refractivity contribution < 1.29 is 13.9 Å². The van der Waals surface area contributed by atoms with Gasteiger partial charge in [-0.15, -0.1) is 0 Å². The minimum Gasteiger partial charge on any atom is -0.490 e. The molecule has 0 radical (unpaired) electrons. The fourth-order valence-corrected chi connectivity index (χ4v) is 1.77. The van der Waals surface area contributed by atoms with Crippen molar-refractivity contribution in [3.63, 3.8) is 0 Å². The number of ether oxygens (including phenoxy) is 2. The topological polar surface area (TPSA) is 44.5 Å². The summed E-state index contributed by atoms with van der Waals surface area (Å²) in [5.41, 5.74) is 6.55. The van der Waals surface area contributed by atoms with Gasteiger partial charge in [0, 0.05) is 12.6 Å². The van der Waals surface area contributed by atoms with Gasteiger partial charge in [0.15, 0.2) is 0 Å². The van der Waals surface area contributed by atoms with E-state index in [2.05, 4.69) is 0 Å². The lowest BCUT2D eigenvalue weighted by Gasteiger charge is -2.09. The molecule has 0 aliphatic carbocycles. The SMILES string of the molecule is NCc1cccc(OCCOc2ccc(Cl)c(F)c2)c1. The van der Waals surface area contributed by atoms with E-state index in [0.717, 1.165) is 11.3 Å². The van der Waals surface area contributed by atoms with Crippen LogP contribution >= 0.6 is 11.6 Å². The average Bonchev–Trinajstić information content (AvgIpc) is 2.47. The third-order valence-corrected chi connectivity index (χ3v) is 2.95. The van der Waals surface area contributed by atoms with E-state index in [9.17, 15) is 4.39 Å². The Morgan fingerprint density at radius 1 is 1.00 bits per heavy atom. The van der Waals surface area contributed by atoms with Gasteiger partial charge >= 0.3 is 0 Å². The highest BCUT2D eigenvalue weighted by atomic mass is 35.5. The number of rotatable bonds is 6. The molecule has 2 N–H and O–H groups in total. The lowest BCUT2D eigenvalue weighted by Crippen LogP contribution is -2.09. The molecule has 0 aromatic heterocycles. The predicted octanol–water partition coefficient (Wildman–Crippen LogP) is 3.40. The van der Waals surface area contributed by atoms with Gasteiger partial charge in [-0.25, -0.2) is 4.39 Å². The van der Waals surface area contributed by atoms with Crippen LogP contribution in [-0.4, -0.2) is 13.2 Å². The molecule has 2 rings (SSSR count). The molecule has 2 aromatic carbocycles. The maximum Gasteiger partial charge on any atom is 0.145 e. The zero-order valence-corrected chi connectivity index (χ0v) is 11.6. The summed E-state index contributed by atoms with van der Waals surface area (Å²) < 4.78 is 24.1. The highest BCUT2D eigenvalue weighted by Crippen LogP contribution is 2.20. The maximum atomic E-state index is 13.2. The van der Waals surface area contributed by atoms with Crippen LogP contribution in [0.3, 0.4) is 0 Å². The Kier molecular flexibility index (Phi) is 5.21. The van der Waals surface area contributed by atoms with Crippen LogP contribution < -0.4 is 15.2 Å². The first kappa shape index (κ1) is 14.6. The molecule has 0 bridgehead atoms. The maximum absolute atomic E-state index is 13.2. The molecule has 0 atom stereocenters. The van der Waals surface area contributed by atoms with Crippen molar-refractivity contribution >= 4 is 11.6 Å². The van der Waals surface area contributed by atoms with E-state index in [0.29, 0.717) is 25.5 Å². The second kappa shape index (κ2) is 7.12. The summed E-state index contributed by atoms with van der Waals surface area (Å²) in [5, 5.41) is 0.0761. The molecule has 106 valence electrons. The summed E-state index contributed by atoms with van der Waals surface area (Å²) in [6.45, 7) is 1.14. The molecule has 0 saturated heterocycles. The van der Waals surface area contributed by atoms with Gasteiger partial charge in [-0.05, 0) is 29.8 Å². The Labute approximate surface area is 122 Å². The lowest BCUT2D eigenvalue weighted by atomic mass is 10.2. The molecule has 3 nitrogen and oxygen atoms in total. The number of halogens is 2. The number of hydrogen-bond acceptors (Lipinski definition) is 3. The number of hydrogen-bond donors (Lipinski definition) is 1. The van der Waals surface area contributed by atoms with Gasteiger partial charge in [0.1, 0.15) is 30.5 Å². The van der Waals surface area contributed by atoms with E-state index in [1.165, 1.54) is 12.1 Å². The monoisotopic (exact) mass is 295 g/mol. The Morgan fingerprint density at radius 2 is 1.70 bits per heavy atom. The molecular formula is C15H15ClFNO2. The predicted molar refractivity (Wildman–Crippen MR) is 76.7 cm³/mol. The van der Waals surface area contributed by atoms with Crippen molar-refractivity contribution in [2.24, 2.45) is 5.73 Å². The first-order valence-electron chi connectivity index (χ1n) is 6.18. The van der Waals surface area contributed by atoms with Crippen LogP contribution in [0.5, 0.6) is 11.5 Å². The van der Waals surface area contributed by atoms with Gasteiger partial charge in [0.25, 0.3) is 0 Å². The fraction of sp³-hybridized carbons (Fsp3) is 0.200. The number of benzene rings is 2. The molecule has 2 aromatic rings. The molecule has 0 fully saturated rings. The van der Waals surface area contributed by atoms with Crippen molar-refractivity contribution in [1.82, 2.24) is 0 Å². The van der Waals surface area contributed by atoms with E-state index in [-0.39, 0.29) is 5.02 Å². The molecule has 0 saturated carbocycles. The summed E-state index contributed by atoms with van der Waals surface area (Å²) in [4.78, 5) is 0. The van der Waals surface area contributed by atoms with Crippen LogP contribution in [0.25, 0.3) is 0 Å². The van der Waals surface area contributed by atoms with Gasteiger partial charge < -0.3 is 15.2 Å². The highest BCUT2D eigenvalue weighted by molar-refractivity contribution is 6.30. The minimum absolute atomic E-state index is 0.0761. The summed E-state index contributed by atoms with van der Waals surface area (Å²) in [5.74, 6) is 0.658. The van der Waals surface area contributed by atoms with Crippen LogP contribution in [0.4, 0.5) is 4.39 Å². The molecule has 20 heavy (non-hydrogen) atoms. The third kappa shape index (κ3) is 4.11. The van der Waals surface area contributed by atoms with E-state index >= 15 is 0 Å². The van der Waals surface area contributed by atoms with Gasteiger partial charge in [0.2, 0.25) is 0 Å². The molecular weight excluding hydrogens is 281 g/mol. The molecule has 0 unspecified atom stereocenters. The summed E-state index contributed by atoms with van der Waals surface area (Å²) >= 11 is 5.59. The average molecular weight is 296 g/mol. The fourth-order valence-electron chi connectivity index (χ4n) is 1.65. The molecule has 0 amide bonds. The Bertz CT molecular complexity index is 578. The van der Waals surface area contributed by atoms with Crippen molar-refractivity contribution in [3.8, 4) is 11.5 Å². The van der Waals surface area contributed by atoms with Crippen LogP contribution in [-0.2, 0) is 6.54 Å². The summed E-state index contributed by atoms with van der Waals surface area (Å²) in [7, 11) is 0. The van der Waals surface area contributed by atoms with Crippen LogP contribution in [0, 0.1) is 5.82 Å². The van der Waals surface area contributed by atoms with E-state index in [1.807, 2.05) is 24.3 Å². The molecule has 0 aliphatic rings. The Morgan fingerprint density at radius 3 is 2.35 bits per heavy atom. The van der Waals surface area contributed by atoms with Crippen molar-refractivity contribution in [2.75, 3.05) is 13.2 Å². The van der Waals surface area contributed by atoms with Crippen LogP contribution in [0.2, 0.25) is 5.02 Å². The largest absolute Gasteiger partial charge is 0.490 e. The van der Waals surface area contributed by atoms with E-state index in [1.54, 1.807) is 6.07 Å². The quantitative estimate of drug-likeness (QED) is 0.831. The number of nitrogens with two attached hydrogens (primary N) is 1. The molecule has 5 heteroatoms. The Hall–Kier alpha value is -1.78. The van der Waals surface area contributed by atoms with Crippen LogP contribution in [0.15, 0.2) is 42.5 Å². The zero-order valence-electron chi connectivity index (χ0n) is 10.8. The third-order valence-electron chi connectivity index (χ3n) is 2.65. The first-order valence-corrected chi connectivity index (χ1v) is 6.56.